The number of nitrogen functional groups attached to an aromatic ring is 1. The SMILES string of the molecule is COCCNc1nc2c(C)c(F)ccc2cc1C(C)Nc1nc(N)nc2nc[nH]c12. The minimum Gasteiger partial charge on any atom is -0.383 e. The molecule has 0 amide bonds. The second-order valence-electron chi connectivity index (χ2n) is 6.99. The van der Waals surface area contributed by atoms with Crippen molar-refractivity contribution in [2.75, 3.05) is 36.6 Å². The van der Waals surface area contributed by atoms with Crippen molar-refractivity contribution in [3.63, 3.8) is 0 Å². The highest BCUT2D eigenvalue weighted by Gasteiger charge is 2.18. The molecule has 0 spiro atoms. The van der Waals surface area contributed by atoms with Crippen molar-refractivity contribution in [2.24, 2.45) is 0 Å². The van der Waals surface area contributed by atoms with E-state index in [0.717, 1.165) is 10.9 Å². The van der Waals surface area contributed by atoms with E-state index < -0.39 is 0 Å². The number of hydrogen-bond acceptors (Lipinski definition) is 8. The number of anilines is 3. The Bertz CT molecular complexity index is 1210. The first-order valence-corrected chi connectivity index (χ1v) is 9.53. The zero-order valence-corrected chi connectivity index (χ0v) is 17.0. The van der Waals surface area contributed by atoms with E-state index in [1.807, 2.05) is 13.0 Å². The smallest absolute Gasteiger partial charge is 0.224 e. The summed E-state index contributed by atoms with van der Waals surface area (Å²) in [5.74, 6) is 1.04. The van der Waals surface area contributed by atoms with Crippen LogP contribution in [0.2, 0.25) is 0 Å². The summed E-state index contributed by atoms with van der Waals surface area (Å²) < 4.78 is 19.2. The molecule has 0 bridgehead atoms. The predicted molar refractivity (Wildman–Crippen MR) is 115 cm³/mol. The van der Waals surface area contributed by atoms with Crippen molar-refractivity contribution >= 4 is 39.7 Å². The van der Waals surface area contributed by atoms with Gasteiger partial charge in [0.05, 0.1) is 24.5 Å². The number of halogens is 1. The molecule has 0 saturated heterocycles. The molecule has 3 heterocycles. The van der Waals surface area contributed by atoms with Crippen LogP contribution in [0.3, 0.4) is 0 Å². The standard InChI is InChI=1S/C20H23FN8O/c1-10-14(21)5-4-12-8-13(17(27-15(10)12)23-6-7-30-3)11(2)26-19-16-18(25-9-24-16)28-20(22)29-19/h4-5,8-9,11H,6-7H2,1-3H3,(H,23,27)(H4,22,24,25,26,28,29). The molecule has 3 aromatic heterocycles. The van der Waals surface area contributed by atoms with Crippen LogP contribution in [0.5, 0.6) is 0 Å². The Morgan fingerprint density at radius 1 is 1.23 bits per heavy atom. The molecular weight excluding hydrogens is 387 g/mol. The van der Waals surface area contributed by atoms with Gasteiger partial charge >= 0.3 is 0 Å². The van der Waals surface area contributed by atoms with E-state index in [4.69, 9.17) is 15.5 Å². The number of rotatable bonds is 7. The van der Waals surface area contributed by atoms with Gasteiger partial charge in [0, 0.05) is 30.2 Å². The van der Waals surface area contributed by atoms with Crippen molar-refractivity contribution in [3.05, 3.63) is 41.5 Å². The average Bonchev–Trinajstić information content (AvgIpc) is 3.19. The number of nitrogens with zero attached hydrogens (tertiary/aromatic N) is 4. The number of fused-ring (bicyclic) bond motifs is 2. The number of aryl methyl sites for hydroxylation is 1. The topological polar surface area (TPSA) is 127 Å². The van der Waals surface area contributed by atoms with Crippen LogP contribution in [0, 0.1) is 12.7 Å². The van der Waals surface area contributed by atoms with Gasteiger partial charge < -0.3 is 26.1 Å². The summed E-state index contributed by atoms with van der Waals surface area (Å²) in [6.07, 6.45) is 1.54. The predicted octanol–water partition coefficient (Wildman–Crippen LogP) is 3.16. The summed E-state index contributed by atoms with van der Waals surface area (Å²) in [5, 5.41) is 7.50. The fourth-order valence-corrected chi connectivity index (χ4v) is 3.35. The molecule has 1 aromatic carbocycles. The lowest BCUT2D eigenvalue weighted by Gasteiger charge is -2.20. The molecule has 156 valence electrons. The lowest BCUT2D eigenvalue weighted by Crippen LogP contribution is -2.16. The van der Waals surface area contributed by atoms with E-state index in [2.05, 4.69) is 30.6 Å². The Hall–Kier alpha value is -3.53. The summed E-state index contributed by atoms with van der Waals surface area (Å²) in [6.45, 7) is 4.79. The molecule has 0 aliphatic heterocycles. The van der Waals surface area contributed by atoms with Gasteiger partial charge in [-0.3, -0.25) is 0 Å². The van der Waals surface area contributed by atoms with Crippen molar-refractivity contribution < 1.29 is 9.13 Å². The lowest BCUT2D eigenvalue weighted by atomic mass is 10.0. The second kappa shape index (κ2) is 8.07. The normalized spacial score (nSPS) is 12.4. The number of methoxy groups -OCH3 is 1. The molecule has 0 aliphatic carbocycles. The molecule has 1 unspecified atom stereocenters. The molecule has 4 aromatic rings. The van der Waals surface area contributed by atoms with E-state index in [0.29, 0.717) is 47.0 Å². The monoisotopic (exact) mass is 410 g/mol. The number of hydrogen-bond donors (Lipinski definition) is 4. The molecule has 10 heteroatoms. The third kappa shape index (κ3) is 3.69. The Labute approximate surface area is 172 Å². The zero-order chi connectivity index (χ0) is 21.3. The molecule has 0 radical (unpaired) electrons. The number of imidazole rings is 1. The van der Waals surface area contributed by atoms with Gasteiger partial charge in [0.15, 0.2) is 11.5 Å². The number of nitrogens with two attached hydrogens (primary N) is 1. The number of aromatic amines is 1. The van der Waals surface area contributed by atoms with E-state index in [-0.39, 0.29) is 17.8 Å². The van der Waals surface area contributed by atoms with Crippen LogP contribution in [0.25, 0.3) is 22.1 Å². The first kappa shape index (κ1) is 19.8. The van der Waals surface area contributed by atoms with Crippen molar-refractivity contribution in [3.8, 4) is 0 Å². The third-order valence-electron chi connectivity index (χ3n) is 4.93. The number of H-pyrrole nitrogens is 1. The van der Waals surface area contributed by atoms with Crippen LogP contribution in [0.4, 0.5) is 22.0 Å². The van der Waals surface area contributed by atoms with Gasteiger partial charge in [-0.15, -0.1) is 0 Å². The fourth-order valence-electron chi connectivity index (χ4n) is 3.35. The second-order valence-corrected chi connectivity index (χ2v) is 6.99. The van der Waals surface area contributed by atoms with Crippen molar-refractivity contribution in [1.29, 1.82) is 0 Å². The van der Waals surface area contributed by atoms with Gasteiger partial charge in [0.1, 0.15) is 17.2 Å². The number of ether oxygens (including phenoxy) is 1. The molecule has 0 aliphatic rings. The highest BCUT2D eigenvalue weighted by Crippen LogP contribution is 2.31. The van der Waals surface area contributed by atoms with Crippen LogP contribution in [-0.4, -0.2) is 45.2 Å². The Balaban J connectivity index is 1.76. The van der Waals surface area contributed by atoms with Gasteiger partial charge in [-0.05, 0) is 32.0 Å². The average molecular weight is 410 g/mol. The number of nitrogens with one attached hydrogen (secondary N) is 3. The molecule has 0 fully saturated rings. The third-order valence-corrected chi connectivity index (χ3v) is 4.93. The number of aromatic nitrogens is 5. The van der Waals surface area contributed by atoms with Gasteiger partial charge in [0.25, 0.3) is 0 Å². The van der Waals surface area contributed by atoms with Crippen LogP contribution < -0.4 is 16.4 Å². The zero-order valence-electron chi connectivity index (χ0n) is 17.0. The fraction of sp³-hybridized carbons (Fsp3) is 0.300. The summed E-state index contributed by atoms with van der Waals surface area (Å²) >= 11 is 0. The van der Waals surface area contributed by atoms with Crippen molar-refractivity contribution in [2.45, 2.75) is 19.9 Å². The van der Waals surface area contributed by atoms with E-state index >= 15 is 0 Å². The van der Waals surface area contributed by atoms with E-state index in [1.54, 1.807) is 26.4 Å². The summed E-state index contributed by atoms with van der Waals surface area (Å²) in [7, 11) is 1.63. The highest BCUT2D eigenvalue weighted by molar-refractivity contribution is 5.86. The maximum atomic E-state index is 14.1. The molecule has 5 N–H and O–H groups in total. The minimum atomic E-state index is -0.283. The van der Waals surface area contributed by atoms with Gasteiger partial charge in [-0.2, -0.15) is 9.97 Å². The van der Waals surface area contributed by atoms with Crippen molar-refractivity contribution in [1.82, 2.24) is 24.9 Å². The maximum absolute atomic E-state index is 14.1. The molecule has 0 saturated carbocycles. The molecule has 30 heavy (non-hydrogen) atoms. The largest absolute Gasteiger partial charge is 0.383 e. The highest BCUT2D eigenvalue weighted by atomic mass is 19.1. The number of benzene rings is 1. The summed E-state index contributed by atoms with van der Waals surface area (Å²) in [5.41, 5.74) is 9.00. The van der Waals surface area contributed by atoms with Gasteiger partial charge in [-0.1, -0.05) is 0 Å². The Morgan fingerprint density at radius 3 is 2.87 bits per heavy atom. The summed E-state index contributed by atoms with van der Waals surface area (Å²) in [4.78, 5) is 20.3. The lowest BCUT2D eigenvalue weighted by molar-refractivity contribution is 0.210. The van der Waals surface area contributed by atoms with E-state index in [1.165, 1.54) is 6.07 Å². The quantitative estimate of drug-likeness (QED) is 0.342. The van der Waals surface area contributed by atoms with E-state index in [9.17, 15) is 4.39 Å². The summed E-state index contributed by atoms with van der Waals surface area (Å²) in [6, 6.07) is 4.99. The first-order valence-electron chi connectivity index (χ1n) is 9.53. The van der Waals surface area contributed by atoms with Crippen LogP contribution in [0.1, 0.15) is 24.1 Å². The Kier molecular flexibility index (Phi) is 5.32. The minimum absolute atomic E-state index is 0.130. The van der Waals surface area contributed by atoms with Crippen LogP contribution in [0.15, 0.2) is 24.5 Å². The molecule has 9 nitrogen and oxygen atoms in total. The van der Waals surface area contributed by atoms with Crippen LogP contribution in [-0.2, 0) is 4.74 Å². The number of pyridine rings is 1. The van der Waals surface area contributed by atoms with Gasteiger partial charge in [-0.25, -0.2) is 14.4 Å². The Morgan fingerprint density at radius 2 is 2.07 bits per heavy atom. The maximum Gasteiger partial charge on any atom is 0.224 e. The van der Waals surface area contributed by atoms with Crippen LogP contribution >= 0.6 is 0 Å². The molecular formula is C20H23FN8O. The van der Waals surface area contributed by atoms with Gasteiger partial charge in [0.2, 0.25) is 5.95 Å². The molecule has 4 rings (SSSR count). The molecule has 1 atom stereocenters. The first-order chi connectivity index (χ1) is 14.5.